The second kappa shape index (κ2) is 12.6. The summed E-state index contributed by atoms with van der Waals surface area (Å²) >= 11 is 6.23. The van der Waals surface area contributed by atoms with Crippen LogP contribution in [0.1, 0.15) is 52.7 Å². The molecule has 1 aliphatic heterocycles. The summed E-state index contributed by atoms with van der Waals surface area (Å²) in [4.78, 5) is 43.2. The van der Waals surface area contributed by atoms with Gasteiger partial charge in [0.2, 0.25) is 17.7 Å². The highest BCUT2D eigenvalue weighted by molar-refractivity contribution is 6.43. The summed E-state index contributed by atoms with van der Waals surface area (Å²) in [5.41, 5.74) is 0.436. The van der Waals surface area contributed by atoms with Gasteiger partial charge in [-0.2, -0.15) is 0 Å². The summed E-state index contributed by atoms with van der Waals surface area (Å²) in [6, 6.07) is 11.2. The van der Waals surface area contributed by atoms with E-state index in [-0.39, 0.29) is 47.2 Å². The molecule has 5 atom stereocenters. The Morgan fingerprint density at radius 2 is 1.74 bits per heavy atom. The monoisotopic (exact) mass is 613 g/mol. The number of halogens is 2. The average Bonchev–Trinajstić information content (AvgIpc) is 3.24. The number of amides is 3. The van der Waals surface area contributed by atoms with Crippen molar-refractivity contribution in [2.45, 2.75) is 72.4 Å². The minimum atomic E-state index is -1.75. The highest BCUT2D eigenvalue weighted by atomic mass is 35.5. The second-order valence-corrected chi connectivity index (χ2v) is 14.1. The molecule has 1 aliphatic carbocycles. The second-order valence-electron chi connectivity index (χ2n) is 13.6. The third-order valence-electron chi connectivity index (χ3n) is 9.21. The molecule has 43 heavy (non-hydrogen) atoms. The van der Waals surface area contributed by atoms with Gasteiger partial charge in [0.15, 0.2) is 0 Å². The molecule has 0 bridgehead atoms. The van der Waals surface area contributed by atoms with E-state index in [0.29, 0.717) is 18.0 Å². The van der Waals surface area contributed by atoms with Crippen molar-refractivity contribution >= 4 is 36.4 Å². The molecule has 4 N–H and O–H groups in total. The number of fused-ring (bicyclic) bond motifs is 1. The lowest BCUT2D eigenvalue weighted by atomic mass is 9.73. The van der Waals surface area contributed by atoms with Crippen LogP contribution in [0.25, 0.3) is 0 Å². The van der Waals surface area contributed by atoms with E-state index in [0.717, 1.165) is 11.1 Å². The lowest BCUT2D eigenvalue weighted by Crippen LogP contribution is -2.60. The summed E-state index contributed by atoms with van der Waals surface area (Å²) in [6.07, 6.45) is 0.482. The van der Waals surface area contributed by atoms with Gasteiger partial charge >= 0.3 is 7.12 Å². The summed E-state index contributed by atoms with van der Waals surface area (Å²) in [6.45, 7) is 11.6. The average molecular weight is 614 g/mol. The summed E-state index contributed by atoms with van der Waals surface area (Å²) in [5.74, 6) is -2.71. The maximum Gasteiger partial charge on any atom is 0.475 e. The largest absolute Gasteiger partial charge is 0.475 e. The summed E-state index contributed by atoms with van der Waals surface area (Å²) < 4.78 is 13.5. The first-order valence-electron chi connectivity index (χ1n) is 14.8. The fraction of sp³-hybridized carbons (Fsp3) is 0.531. The Labute approximate surface area is 258 Å². The Bertz CT molecular complexity index is 1340. The smallest absolute Gasteiger partial charge is 0.426 e. The number of carbonyl (C=O) groups excluding carboxylic acids is 3. The van der Waals surface area contributed by atoms with E-state index in [1.807, 2.05) is 6.07 Å². The van der Waals surface area contributed by atoms with E-state index in [9.17, 15) is 28.8 Å². The van der Waals surface area contributed by atoms with E-state index in [4.69, 9.17) is 11.6 Å². The SMILES string of the molecule is CC(C)[C@H](NC(=O)[C@@H]1[C@@H]2[C@H](CN1C(=O)[C@H](Cc1cccc(Cl)c1)NC(=O)C(C)(C)Cc1ccc(F)cc1)C2(C)C)B(O)O. The van der Waals surface area contributed by atoms with Crippen molar-refractivity contribution in [1.82, 2.24) is 15.5 Å². The molecule has 1 saturated heterocycles. The molecule has 2 aliphatic rings. The van der Waals surface area contributed by atoms with Crippen molar-refractivity contribution in [3.8, 4) is 0 Å². The van der Waals surface area contributed by atoms with Crippen LogP contribution >= 0.6 is 11.6 Å². The first-order valence-corrected chi connectivity index (χ1v) is 15.2. The van der Waals surface area contributed by atoms with Gasteiger partial charge < -0.3 is 25.6 Å². The Morgan fingerprint density at radius 1 is 1.09 bits per heavy atom. The van der Waals surface area contributed by atoms with Gasteiger partial charge in [-0.15, -0.1) is 0 Å². The van der Waals surface area contributed by atoms with Gasteiger partial charge in [-0.05, 0) is 65.0 Å². The molecular formula is C32H42BClFN3O5. The predicted molar refractivity (Wildman–Crippen MR) is 164 cm³/mol. The van der Waals surface area contributed by atoms with E-state index in [2.05, 4.69) is 24.5 Å². The molecule has 4 rings (SSSR count). The van der Waals surface area contributed by atoms with Gasteiger partial charge in [0.05, 0.1) is 5.94 Å². The first kappa shape index (κ1) is 33.0. The van der Waals surface area contributed by atoms with Gasteiger partial charge in [-0.25, -0.2) is 4.39 Å². The number of hydrogen-bond donors (Lipinski definition) is 4. The van der Waals surface area contributed by atoms with Crippen molar-refractivity contribution in [3.05, 3.63) is 70.5 Å². The molecule has 0 radical (unpaired) electrons. The highest BCUT2D eigenvalue weighted by Crippen LogP contribution is 2.65. The number of likely N-dealkylation sites (tertiary alicyclic amines) is 1. The van der Waals surface area contributed by atoms with Gasteiger partial charge in [-0.3, -0.25) is 14.4 Å². The number of rotatable bonds is 11. The number of carbonyl (C=O) groups is 3. The number of piperidine rings is 1. The predicted octanol–water partition coefficient (Wildman–Crippen LogP) is 3.41. The molecule has 2 fully saturated rings. The topological polar surface area (TPSA) is 119 Å². The van der Waals surface area contributed by atoms with Crippen LogP contribution < -0.4 is 10.6 Å². The van der Waals surface area contributed by atoms with Crippen LogP contribution in [-0.2, 0) is 27.2 Å². The van der Waals surface area contributed by atoms with Crippen LogP contribution in [0.4, 0.5) is 4.39 Å². The molecule has 2 aromatic rings. The van der Waals surface area contributed by atoms with Crippen LogP contribution in [0.5, 0.6) is 0 Å². The summed E-state index contributed by atoms with van der Waals surface area (Å²) in [7, 11) is -1.75. The zero-order chi connectivity index (χ0) is 31.9. The van der Waals surface area contributed by atoms with Crippen molar-refractivity contribution in [3.63, 3.8) is 0 Å². The van der Waals surface area contributed by atoms with Gasteiger partial charge in [0.1, 0.15) is 17.9 Å². The van der Waals surface area contributed by atoms with Crippen molar-refractivity contribution in [2.24, 2.45) is 28.6 Å². The fourth-order valence-corrected chi connectivity index (χ4v) is 6.71. The Kier molecular flexibility index (Phi) is 9.64. The van der Waals surface area contributed by atoms with E-state index >= 15 is 0 Å². The quantitative estimate of drug-likeness (QED) is 0.290. The zero-order valence-corrected chi connectivity index (χ0v) is 26.4. The number of hydrogen-bond acceptors (Lipinski definition) is 5. The van der Waals surface area contributed by atoms with Crippen molar-refractivity contribution < 1.29 is 28.8 Å². The van der Waals surface area contributed by atoms with Crippen molar-refractivity contribution in [2.75, 3.05) is 6.54 Å². The highest BCUT2D eigenvalue weighted by Gasteiger charge is 2.69. The van der Waals surface area contributed by atoms with Crippen LogP contribution in [0.3, 0.4) is 0 Å². The molecule has 3 amide bonds. The summed E-state index contributed by atoms with van der Waals surface area (Å²) in [5, 5.41) is 26.0. The standard InChI is InChI=1S/C32H42BClFN3O5/c1-18(2)27(33(42)43)37-28(39)26-25-23(32(25,5)6)17-38(26)29(40)24(15-20-8-7-9-21(34)14-20)36-30(41)31(3,4)16-19-10-12-22(35)13-11-19/h7-14,18,23-27,42-43H,15-17H2,1-6H3,(H,36,41)(H,37,39)/t23-,24-,25-,26-,27-/m0/s1. The minimum absolute atomic E-state index is 0.0983. The molecule has 2 aromatic carbocycles. The molecule has 1 saturated carbocycles. The molecular weight excluding hydrogens is 572 g/mol. The van der Waals surface area contributed by atoms with Crippen LogP contribution in [0.15, 0.2) is 48.5 Å². The molecule has 0 aromatic heterocycles. The Morgan fingerprint density at radius 3 is 2.33 bits per heavy atom. The fourth-order valence-electron chi connectivity index (χ4n) is 6.49. The molecule has 232 valence electrons. The maximum absolute atomic E-state index is 14.3. The van der Waals surface area contributed by atoms with E-state index < -0.39 is 36.5 Å². The van der Waals surface area contributed by atoms with E-state index in [1.54, 1.807) is 62.9 Å². The molecule has 0 spiro atoms. The Hall–Kier alpha value is -2.95. The third kappa shape index (κ3) is 7.24. The van der Waals surface area contributed by atoms with Gasteiger partial charge in [0, 0.05) is 23.4 Å². The minimum Gasteiger partial charge on any atom is -0.426 e. The lowest BCUT2D eigenvalue weighted by Gasteiger charge is -2.35. The van der Waals surface area contributed by atoms with Gasteiger partial charge in [0.25, 0.3) is 0 Å². The van der Waals surface area contributed by atoms with Gasteiger partial charge in [-0.1, -0.05) is 77.4 Å². The number of nitrogens with zero attached hydrogens (tertiary/aromatic N) is 1. The van der Waals surface area contributed by atoms with Crippen LogP contribution in [-0.4, -0.2) is 64.4 Å². The molecule has 1 heterocycles. The number of benzene rings is 2. The maximum atomic E-state index is 14.3. The first-order chi connectivity index (χ1) is 20.0. The normalized spacial score (nSPS) is 22.0. The Balaban J connectivity index is 1.60. The molecule has 8 nitrogen and oxygen atoms in total. The van der Waals surface area contributed by atoms with E-state index in [1.165, 1.54) is 12.1 Å². The third-order valence-corrected chi connectivity index (χ3v) is 9.45. The van der Waals surface area contributed by atoms with Crippen molar-refractivity contribution in [1.29, 1.82) is 0 Å². The molecule has 11 heteroatoms. The zero-order valence-electron chi connectivity index (χ0n) is 25.6. The molecule has 0 unspecified atom stereocenters. The lowest BCUT2D eigenvalue weighted by molar-refractivity contribution is -0.144. The van der Waals surface area contributed by atoms with Crippen LogP contribution in [0.2, 0.25) is 5.02 Å². The number of nitrogens with one attached hydrogen (secondary N) is 2. The van der Waals surface area contributed by atoms with Crippen LogP contribution in [0, 0.1) is 34.4 Å².